The summed E-state index contributed by atoms with van der Waals surface area (Å²) in [5, 5.41) is 4.67. The molecular weight excluding hydrogens is 252 g/mol. The van der Waals surface area contributed by atoms with Crippen LogP contribution < -0.4 is 5.32 Å². The highest BCUT2D eigenvalue weighted by Crippen LogP contribution is 2.21. The largest absolute Gasteiger partial charge is 0.465 e. The Labute approximate surface area is 118 Å². The van der Waals surface area contributed by atoms with Crippen molar-refractivity contribution in [2.45, 2.75) is 38.9 Å². The van der Waals surface area contributed by atoms with Crippen molar-refractivity contribution in [3.63, 3.8) is 0 Å². The maximum absolute atomic E-state index is 11.6. The highest BCUT2D eigenvalue weighted by Gasteiger charge is 2.20. The lowest BCUT2D eigenvalue weighted by Gasteiger charge is -2.07. The first-order chi connectivity index (χ1) is 9.76. The van der Waals surface area contributed by atoms with Gasteiger partial charge in [0.2, 0.25) is 0 Å². The molecular formula is C16H20N2O2. The van der Waals surface area contributed by atoms with Crippen molar-refractivity contribution in [2.24, 2.45) is 0 Å². The van der Waals surface area contributed by atoms with E-state index in [2.05, 4.69) is 23.5 Å². The molecule has 1 N–H and O–H groups in total. The molecule has 1 heterocycles. The van der Waals surface area contributed by atoms with Crippen molar-refractivity contribution >= 4 is 16.9 Å². The van der Waals surface area contributed by atoms with Gasteiger partial charge in [-0.25, -0.2) is 0 Å². The predicted molar refractivity (Wildman–Crippen MR) is 78.4 cm³/mol. The van der Waals surface area contributed by atoms with E-state index in [9.17, 15) is 4.79 Å². The van der Waals surface area contributed by atoms with Crippen LogP contribution >= 0.6 is 0 Å². The van der Waals surface area contributed by atoms with Crippen molar-refractivity contribution in [3.8, 4) is 0 Å². The van der Waals surface area contributed by atoms with Gasteiger partial charge in [-0.3, -0.25) is 4.79 Å². The van der Waals surface area contributed by atoms with E-state index < -0.39 is 0 Å². The average molecular weight is 272 g/mol. The molecule has 20 heavy (non-hydrogen) atoms. The van der Waals surface area contributed by atoms with E-state index in [4.69, 9.17) is 4.74 Å². The number of fused-ring (bicyclic) bond motifs is 1. The monoisotopic (exact) mass is 272 g/mol. The minimum absolute atomic E-state index is 0.188. The summed E-state index contributed by atoms with van der Waals surface area (Å²) in [5.41, 5.74) is 2.35. The van der Waals surface area contributed by atoms with Gasteiger partial charge in [0.05, 0.1) is 6.61 Å². The summed E-state index contributed by atoms with van der Waals surface area (Å²) in [4.78, 5) is 11.6. The number of benzene rings is 1. The number of carbonyl (C=O) groups excluding carboxylic acids is 1. The van der Waals surface area contributed by atoms with Gasteiger partial charge in [-0.15, -0.1) is 0 Å². The molecule has 0 amide bonds. The van der Waals surface area contributed by atoms with Gasteiger partial charge in [0.15, 0.2) is 0 Å². The lowest BCUT2D eigenvalue weighted by molar-refractivity contribution is -0.143. The van der Waals surface area contributed by atoms with Gasteiger partial charge in [0, 0.05) is 24.3 Å². The van der Waals surface area contributed by atoms with Crippen molar-refractivity contribution in [1.82, 2.24) is 9.88 Å². The topological polar surface area (TPSA) is 43.3 Å². The SMILES string of the molecule is CCOC(=O)Cn1ccc2ccc(CNC3CC3)cc21. The van der Waals surface area contributed by atoms with E-state index in [0.29, 0.717) is 12.6 Å². The summed E-state index contributed by atoms with van der Waals surface area (Å²) in [7, 11) is 0. The molecule has 0 saturated heterocycles. The molecule has 0 spiro atoms. The molecule has 1 aliphatic carbocycles. The normalized spacial score (nSPS) is 14.7. The quantitative estimate of drug-likeness (QED) is 0.821. The van der Waals surface area contributed by atoms with Crippen LogP contribution in [-0.2, 0) is 22.6 Å². The molecule has 106 valence electrons. The molecule has 1 aliphatic rings. The van der Waals surface area contributed by atoms with Crippen LogP contribution in [0.15, 0.2) is 30.5 Å². The fraction of sp³-hybridized carbons (Fsp3) is 0.438. The third-order valence-corrected chi connectivity index (χ3v) is 3.62. The number of carbonyl (C=O) groups is 1. The van der Waals surface area contributed by atoms with Gasteiger partial charge in [0.25, 0.3) is 0 Å². The van der Waals surface area contributed by atoms with E-state index in [0.717, 1.165) is 17.4 Å². The molecule has 1 saturated carbocycles. The molecule has 0 aliphatic heterocycles. The maximum atomic E-state index is 11.6. The summed E-state index contributed by atoms with van der Waals surface area (Å²) in [6.07, 6.45) is 4.53. The molecule has 1 aromatic carbocycles. The minimum atomic E-state index is -0.188. The number of rotatable bonds is 6. The van der Waals surface area contributed by atoms with Crippen LogP contribution in [-0.4, -0.2) is 23.2 Å². The van der Waals surface area contributed by atoms with Crippen LogP contribution in [0.5, 0.6) is 0 Å². The Morgan fingerprint density at radius 2 is 2.25 bits per heavy atom. The molecule has 0 radical (unpaired) electrons. The van der Waals surface area contributed by atoms with Gasteiger partial charge in [-0.2, -0.15) is 0 Å². The van der Waals surface area contributed by atoms with Crippen LogP contribution in [0.25, 0.3) is 10.9 Å². The molecule has 0 unspecified atom stereocenters. The average Bonchev–Trinajstić information content (AvgIpc) is 3.19. The van der Waals surface area contributed by atoms with Crippen LogP contribution in [0, 0.1) is 0 Å². The fourth-order valence-electron chi connectivity index (χ4n) is 2.37. The molecule has 4 nitrogen and oxygen atoms in total. The smallest absolute Gasteiger partial charge is 0.325 e. The van der Waals surface area contributed by atoms with E-state index in [1.807, 2.05) is 23.8 Å². The first kappa shape index (κ1) is 13.2. The fourth-order valence-corrected chi connectivity index (χ4v) is 2.37. The Hall–Kier alpha value is -1.81. The Kier molecular flexibility index (Phi) is 3.74. The van der Waals surface area contributed by atoms with Gasteiger partial charge >= 0.3 is 5.97 Å². The van der Waals surface area contributed by atoms with E-state index in [1.54, 1.807) is 0 Å². The Bertz CT molecular complexity index is 614. The first-order valence-electron chi connectivity index (χ1n) is 7.23. The lowest BCUT2D eigenvalue weighted by atomic mass is 10.1. The second-order valence-electron chi connectivity index (χ2n) is 5.30. The minimum Gasteiger partial charge on any atom is -0.465 e. The molecule has 0 bridgehead atoms. The van der Waals surface area contributed by atoms with Crippen LogP contribution in [0.4, 0.5) is 0 Å². The second-order valence-corrected chi connectivity index (χ2v) is 5.30. The molecule has 0 atom stereocenters. The highest BCUT2D eigenvalue weighted by atomic mass is 16.5. The number of esters is 1. The third-order valence-electron chi connectivity index (χ3n) is 3.62. The number of aromatic nitrogens is 1. The van der Waals surface area contributed by atoms with Crippen LogP contribution in [0.1, 0.15) is 25.3 Å². The molecule has 1 fully saturated rings. The summed E-state index contributed by atoms with van der Waals surface area (Å²) in [6.45, 7) is 3.42. The zero-order chi connectivity index (χ0) is 13.9. The summed E-state index contributed by atoms with van der Waals surface area (Å²) in [6, 6.07) is 9.15. The van der Waals surface area contributed by atoms with Crippen molar-refractivity contribution in [2.75, 3.05) is 6.61 Å². The van der Waals surface area contributed by atoms with Gasteiger partial charge < -0.3 is 14.6 Å². The second kappa shape index (κ2) is 5.67. The maximum Gasteiger partial charge on any atom is 0.325 e. The predicted octanol–water partition coefficient (Wildman–Crippen LogP) is 2.46. The Morgan fingerprint density at radius 3 is 3.00 bits per heavy atom. The Balaban J connectivity index is 1.77. The number of hydrogen-bond acceptors (Lipinski definition) is 3. The zero-order valence-corrected chi connectivity index (χ0v) is 11.8. The van der Waals surface area contributed by atoms with E-state index >= 15 is 0 Å². The number of ether oxygens (including phenoxy) is 1. The summed E-state index contributed by atoms with van der Waals surface area (Å²) >= 11 is 0. The van der Waals surface area contributed by atoms with Crippen LogP contribution in [0.2, 0.25) is 0 Å². The van der Waals surface area contributed by atoms with E-state index in [1.165, 1.54) is 18.4 Å². The van der Waals surface area contributed by atoms with Gasteiger partial charge in [-0.05, 0) is 42.8 Å². The van der Waals surface area contributed by atoms with Crippen molar-refractivity contribution < 1.29 is 9.53 Å². The molecule has 2 aromatic rings. The Morgan fingerprint density at radius 1 is 1.40 bits per heavy atom. The number of hydrogen-bond donors (Lipinski definition) is 1. The molecule has 4 heteroatoms. The standard InChI is InChI=1S/C16H20N2O2/c1-2-20-16(19)11-18-8-7-13-4-3-12(9-15(13)18)10-17-14-5-6-14/h3-4,7-9,14,17H,2,5-6,10-11H2,1H3. The third kappa shape index (κ3) is 3.02. The lowest BCUT2D eigenvalue weighted by Crippen LogP contribution is -2.15. The van der Waals surface area contributed by atoms with E-state index in [-0.39, 0.29) is 12.5 Å². The molecule has 3 rings (SSSR count). The zero-order valence-electron chi connectivity index (χ0n) is 11.8. The van der Waals surface area contributed by atoms with Gasteiger partial charge in [0.1, 0.15) is 6.54 Å². The van der Waals surface area contributed by atoms with Crippen molar-refractivity contribution in [1.29, 1.82) is 0 Å². The number of nitrogens with one attached hydrogen (secondary N) is 1. The number of nitrogens with zero attached hydrogens (tertiary/aromatic N) is 1. The van der Waals surface area contributed by atoms with Crippen LogP contribution in [0.3, 0.4) is 0 Å². The summed E-state index contributed by atoms with van der Waals surface area (Å²) in [5.74, 6) is -0.188. The van der Waals surface area contributed by atoms with Crippen molar-refractivity contribution in [3.05, 3.63) is 36.0 Å². The highest BCUT2D eigenvalue weighted by molar-refractivity contribution is 5.82. The van der Waals surface area contributed by atoms with Gasteiger partial charge in [-0.1, -0.05) is 12.1 Å². The first-order valence-corrected chi connectivity index (χ1v) is 7.23. The summed E-state index contributed by atoms with van der Waals surface area (Å²) < 4.78 is 6.96. The molecule has 1 aromatic heterocycles.